The summed E-state index contributed by atoms with van der Waals surface area (Å²) in [5, 5.41) is 2.51. The van der Waals surface area contributed by atoms with E-state index in [1.807, 2.05) is 0 Å². The Kier molecular flexibility index (Phi) is 4.53. The third-order valence-electron chi connectivity index (χ3n) is 2.31. The number of carbonyl (C=O) groups is 2. The molecule has 0 saturated heterocycles. The second-order valence-corrected chi connectivity index (χ2v) is 3.79. The second-order valence-electron chi connectivity index (χ2n) is 3.79. The summed E-state index contributed by atoms with van der Waals surface area (Å²) in [6, 6.07) is 3.84. The van der Waals surface area contributed by atoms with Gasteiger partial charge in [0.2, 0.25) is 0 Å². The number of nitrogen functional groups attached to an aromatic ring is 2. The van der Waals surface area contributed by atoms with Crippen LogP contribution >= 0.6 is 0 Å². The third-order valence-corrected chi connectivity index (χ3v) is 2.31. The molecule has 0 spiro atoms. The van der Waals surface area contributed by atoms with E-state index >= 15 is 0 Å². The molecule has 0 bridgehead atoms. The molecule has 1 unspecified atom stereocenters. The molecule has 0 fully saturated rings. The molecule has 1 rings (SSSR count). The fourth-order valence-electron chi connectivity index (χ4n) is 1.39. The highest BCUT2D eigenvalue weighted by Crippen LogP contribution is 2.15. The number of carbonyl (C=O) groups excluding carboxylic acids is 2. The van der Waals surface area contributed by atoms with E-state index in [2.05, 4.69) is 5.32 Å². The molecule has 6 heteroatoms. The zero-order chi connectivity index (χ0) is 13.7. The van der Waals surface area contributed by atoms with Gasteiger partial charge in [0, 0.05) is 11.4 Å². The Balaban J connectivity index is 2.73. The Morgan fingerprint density at radius 3 is 2.61 bits per heavy atom. The lowest BCUT2D eigenvalue weighted by Crippen LogP contribution is -2.39. The van der Waals surface area contributed by atoms with Gasteiger partial charge in [-0.15, -0.1) is 0 Å². The molecular formula is C12H17N3O3. The average molecular weight is 251 g/mol. The largest absolute Gasteiger partial charge is 0.464 e. The summed E-state index contributed by atoms with van der Waals surface area (Å²) in [7, 11) is 0. The van der Waals surface area contributed by atoms with E-state index in [9.17, 15) is 9.59 Å². The number of anilines is 2. The summed E-state index contributed by atoms with van der Waals surface area (Å²) in [5.74, 6) is -0.923. The van der Waals surface area contributed by atoms with Crippen LogP contribution in [0.1, 0.15) is 24.2 Å². The van der Waals surface area contributed by atoms with Crippen molar-refractivity contribution in [1.29, 1.82) is 0 Å². The molecule has 1 aromatic rings. The van der Waals surface area contributed by atoms with Gasteiger partial charge in [-0.05, 0) is 32.0 Å². The molecule has 18 heavy (non-hydrogen) atoms. The molecule has 5 N–H and O–H groups in total. The molecule has 1 aromatic carbocycles. The maximum atomic E-state index is 11.9. The zero-order valence-electron chi connectivity index (χ0n) is 10.4. The molecule has 1 amide bonds. The highest BCUT2D eigenvalue weighted by molar-refractivity contribution is 6.01. The Hall–Kier alpha value is -2.24. The minimum Gasteiger partial charge on any atom is -0.464 e. The standard InChI is InChI=1S/C12H17N3O3/c1-3-18-12(17)7(2)15-11(16)9-5-4-8(13)6-10(9)14/h4-7H,3,13-14H2,1-2H3,(H,15,16). The number of benzene rings is 1. The summed E-state index contributed by atoms with van der Waals surface area (Å²) in [6.07, 6.45) is 0. The van der Waals surface area contributed by atoms with Crippen molar-refractivity contribution in [3.05, 3.63) is 23.8 Å². The summed E-state index contributed by atoms with van der Waals surface area (Å²) >= 11 is 0. The number of rotatable bonds is 4. The van der Waals surface area contributed by atoms with Crippen LogP contribution in [0.5, 0.6) is 0 Å². The fourth-order valence-corrected chi connectivity index (χ4v) is 1.39. The van der Waals surface area contributed by atoms with Crippen molar-refractivity contribution in [2.24, 2.45) is 0 Å². The molecule has 6 nitrogen and oxygen atoms in total. The van der Waals surface area contributed by atoms with Crippen LogP contribution in [0.3, 0.4) is 0 Å². The Morgan fingerprint density at radius 1 is 1.39 bits per heavy atom. The van der Waals surface area contributed by atoms with Crippen LogP contribution in [-0.2, 0) is 9.53 Å². The second kappa shape index (κ2) is 5.90. The monoisotopic (exact) mass is 251 g/mol. The number of nitrogens with one attached hydrogen (secondary N) is 1. The lowest BCUT2D eigenvalue weighted by molar-refractivity contribution is -0.144. The number of esters is 1. The van der Waals surface area contributed by atoms with Crippen molar-refractivity contribution in [1.82, 2.24) is 5.32 Å². The molecule has 0 aliphatic rings. The molecule has 0 aliphatic carbocycles. The Bertz CT molecular complexity index is 460. The van der Waals surface area contributed by atoms with Crippen molar-refractivity contribution in [2.45, 2.75) is 19.9 Å². The van der Waals surface area contributed by atoms with Gasteiger partial charge in [0.25, 0.3) is 5.91 Å². The minimum atomic E-state index is -0.727. The molecule has 0 radical (unpaired) electrons. The third kappa shape index (κ3) is 3.38. The predicted molar refractivity (Wildman–Crippen MR) is 68.8 cm³/mol. The van der Waals surface area contributed by atoms with Crippen LogP contribution in [-0.4, -0.2) is 24.5 Å². The van der Waals surface area contributed by atoms with E-state index in [0.29, 0.717) is 5.69 Å². The predicted octanol–water partition coefficient (Wildman–Crippen LogP) is 0.532. The number of hydrogen-bond acceptors (Lipinski definition) is 5. The molecule has 0 saturated carbocycles. The minimum absolute atomic E-state index is 0.267. The van der Waals surface area contributed by atoms with E-state index in [1.54, 1.807) is 19.9 Å². The summed E-state index contributed by atoms with van der Waals surface area (Å²) in [5.41, 5.74) is 12.2. The van der Waals surface area contributed by atoms with Gasteiger partial charge >= 0.3 is 5.97 Å². The molecule has 0 heterocycles. The van der Waals surface area contributed by atoms with E-state index in [1.165, 1.54) is 12.1 Å². The fraction of sp³-hybridized carbons (Fsp3) is 0.333. The first-order valence-electron chi connectivity index (χ1n) is 5.58. The van der Waals surface area contributed by atoms with E-state index in [0.717, 1.165) is 0 Å². The Morgan fingerprint density at radius 2 is 2.06 bits per heavy atom. The number of hydrogen-bond donors (Lipinski definition) is 3. The highest BCUT2D eigenvalue weighted by atomic mass is 16.5. The number of nitrogens with two attached hydrogens (primary N) is 2. The Labute approximate surface area is 105 Å². The van der Waals surface area contributed by atoms with Crippen LogP contribution in [0.25, 0.3) is 0 Å². The van der Waals surface area contributed by atoms with Gasteiger partial charge in [-0.1, -0.05) is 0 Å². The van der Waals surface area contributed by atoms with E-state index in [-0.39, 0.29) is 17.9 Å². The van der Waals surface area contributed by atoms with Gasteiger partial charge in [0.05, 0.1) is 12.2 Å². The number of amides is 1. The molecular weight excluding hydrogens is 234 g/mol. The maximum absolute atomic E-state index is 11.9. The first-order valence-corrected chi connectivity index (χ1v) is 5.58. The SMILES string of the molecule is CCOC(=O)C(C)NC(=O)c1ccc(N)cc1N. The average Bonchev–Trinajstić information content (AvgIpc) is 2.28. The topological polar surface area (TPSA) is 107 Å². The highest BCUT2D eigenvalue weighted by Gasteiger charge is 2.18. The van der Waals surface area contributed by atoms with Crippen molar-refractivity contribution in [3.8, 4) is 0 Å². The van der Waals surface area contributed by atoms with Crippen LogP contribution in [0.2, 0.25) is 0 Å². The first kappa shape index (κ1) is 13.8. The quantitative estimate of drug-likeness (QED) is 0.534. The molecule has 1 atom stereocenters. The van der Waals surface area contributed by atoms with E-state index in [4.69, 9.17) is 16.2 Å². The van der Waals surface area contributed by atoms with E-state index < -0.39 is 17.9 Å². The smallest absolute Gasteiger partial charge is 0.328 e. The van der Waals surface area contributed by atoms with Gasteiger partial charge < -0.3 is 21.5 Å². The van der Waals surface area contributed by atoms with Crippen LogP contribution in [0.15, 0.2) is 18.2 Å². The van der Waals surface area contributed by atoms with Gasteiger partial charge in [0.15, 0.2) is 0 Å². The van der Waals surface area contributed by atoms with Crippen molar-refractivity contribution in [3.63, 3.8) is 0 Å². The van der Waals surface area contributed by atoms with Crippen molar-refractivity contribution >= 4 is 23.3 Å². The molecule has 0 aromatic heterocycles. The van der Waals surface area contributed by atoms with Gasteiger partial charge in [0.1, 0.15) is 6.04 Å². The molecule has 0 aliphatic heterocycles. The lowest BCUT2D eigenvalue weighted by Gasteiger charge is -2.13. The zero-order valence-corrected chi connectivity index (χ0v) is 10.4. The van der Waals surface area contributed by atoms with Crippen molar-refractivity contribution < 1.29 is 14.3 Å². The molecule has 98 valence electrons. The van der Waals surface area contributed by atoms with Crippen LogP contribution in [0.4, 0.5) is 11.4 Å². The van der Waals surface area contributed by atoms with Crippen LogP contribution < -0.4 is 16.8 Å². The summed E-state index contributed by atoms with van der Waals surface area (Å²) in [4.78, 5) is 23.2. The van der Waals surface area contributed by atoms with Gasteiger partial charge in [-0.3, -0.25) is 4.79 Å². The van der Waals surface area contributed by atoms with Crippen molar-refractivity contribution in [2.75, 3.05) is 18.1 Å². The van der Waals surface area contributed by atoms with Crippen LogP contribution in [0, 0.1) is 0 Å². The maximum Gasteiger partial charge on any atom is 0.328 e. The summed E-state index contributed by atoms with van der Waals surface area (Å²) in [6.45, 7) is 3.51. The number of ether oxygens (including phenoxy) is 1. The normalized spacial score (nSPS) is 11.7. The first-order chi connectivity index (χ1) is 8.45. The van der Waals surface area contributed by atoms with Gasteiger partial charge in [-0.2, -0.15) is 0 Å². The summed E-state index contributed by atoms with van der Waals surface area (Å²) < 4.78 is 4.78. The van der Waals surface area contributed by atoms with Gasteiger partial charge in [-0.25, -0.2) is 4.79 Å². The lowest BCUT2D eigenvalue weighted by atomic mass is 10.1.